The molecule has 4 aromatic carbocycles. The van der Waals surface area contributed by atoms with Gasteiger partial charge in [0.05, 0.1) is 60.8 Å². The molecule has 0 radical (unpaired) electrons. The summed E-state index contributed by atoms with van der Waals surface area (Å²) in [7, 11) is 0.906. The summed E-state index contributed by atoms with van der Waals surface area (Å²) in [6, 6.07) is 18.0. The number of fused-ring (bicyclic) bond motifs is 1. The van der Waals surface area contributed by atoms with Crippen LogP contribution in [0.25, 0.3) is 0 Å². The Morgan fingerprint density at radius 3 is 2.05 bits per heavy atom. The zero-order chi connectivity index (χ0) is 56.4. The predicted octanol–water partition coefficient (Wildman–Crippen LogP) is 8.75. The summed E-state index contributed by atoms with van der Waals surface area (Å²) in [6.45, 7) is 8.64. The molecule has 0 spiro atoms. The van der Waals surface area contributed by atoms with E-state index < -0.39 is 78.1 Å². The number of ether oxygens (including phenoxy) is 6. The molecule has 1 aliphatic heterocycles. The van der Waals surface area contributed by atoms with Crippen molar-refractivity contribution in [3.8, 4) is 28.7 Å². The number of carboxylic acid groups (broad SMARTS) is 1. The molecule has 0 aromatic heterocycles. The van der Waals surface area contributed by atoms with Crippen LogP contribution in [0.15, 0.2) is 78.9 Å². The molecule has 3 unspecified atom stereocenters. The van der Waals surface area contributed by atoms with Crippen LogP contribution in [0.2, 0.25) is 5.02 Å². The zero-order valence-electron chi connectivity index (χ0n) is 42.2. The number of halogens is 4. The standard InChI is InChI=1S/C22H28N2O5.C19H15ClF3NO7.C3H8NO5P.C3H9S/c1-21(2)14-22(3,26-5)29-19-13-17(11-12-18(19)21)28-16-9-7-15(8-10-16)23-20(25)24(4)27-6;1-3-29-17(25)10(2)30-18(26)13-9-12(5-6-15(13)24(27)28)31-16-7-4-11(8-14(16)20)19(21,22)23;5-3(6)1-4-2-10(7,8)9;1-4(2)3/h7-13H,14H2,1-6H3,(H,23,25);4-10H,3H2,1-2H3;4H,1-2H2,(H,5,6)(H2,7,8,9);1-3H3/q;;;+1/p-1. The van der Waals surface area contributed by atoms with E-state index in [1.54, 1.807) is 38.3 Å². The topological polar surface area (TPSA) is 284 Å². The number of nitro benzene ring substituents is 1. The van der Waals surface area contributed by atoms with E-state index in [-0.39, 0.29) is 34.6 Å². The van der Waals surface area contributed by atoms with Crippen LogP contribution in [0, 0.1) is 10.1 Å². The van der Waals surface area contributed by atoms with Crippen LogP contribution in [0.1, 0.15) is 62.5 Å². The van der Waals surface area contributed by atoms with Crippen molar-refractivity contribution in [2.75, 3.05) is 64.8 Å². The molecule has 0 bridgehead atoms. The molecule has 27 heteroatoms. The molecule has 0 fully saturated rings. The van der Waals surface area contributed by atoms with E-state index >= 15 is 0 Å². The first-order valence-electron chi connectivity index (χ1n) is 21.6. The van der Waals surface area contributed by atoms with Crippen molar-refractivity contribution in [2.24, 2.45) is 0 Å². The SMILES string of the molecule is CCOC(=O)C(C)OC(=O)c1cc(Oc2ccc(C(F)(F)F)cc2Cl)ccc1[N+](=O)[O-].CON(C)C(=O)Nc1ccc(Oc2ccc3c(c2)OC(C)(OC)CC3(C)C)cc1.C[S+](C)C.O=C(O)CNCP(=O)([O-])O. The second-order valence-electron chi connectivity index (χ2n) is 16.7. The van der Waals surface area contributed by atoms with Gasteiger partial charge in [0, 0.05) is 57.0 Å². The highest BCUT2D eigenvalue weighted by atomic mass is 35.5. The van der Waals surface area contributed by atoms with Gasteiger partial charge in [0.1, 0.15) is 41.9 Å². The number of anilines is 1. The van der Waals surface area contributed by atoms with Crippen molar-refractivity contribution in [1.82, 2.24) is 10.4 Å². The van der Waals surface area contributed by atoms with Crippen molar-refractivity contribution >= 4 is 65.4 Å². The van der Waals surface area contributed by atoms with Gasteiger partial charge in [-0.2, -0.15) is 13.2 Å². The van der Waals surface area contributed by atoms with E-state index in [0.717, 1.165) is 53.1 Å². The smallest absolute Gasteiger partial charge is 0.416 e. The quantitative estimate of drug-likeness (QED) is 0.0268. The van der Waals surface area contributed by atoms with E-state index in [2.05, 4.69) is 37.9 Å². The number of hydrogen-bond donors (Lipinski definition) is 4. The first-order chi connectivity index (χ1) is 34.2. The van der Waals surface area contributed by atoms with Gasteiger partial charge in [-0.1, -0.05) is 31.5 Å². The minimum Gasteiger partial charge on any atom is -0.778 e. The highest BCUT2D eigenvalue weighted by molar-refractivity contribution is 7.94. The Hall–Kier alpha value is -6.18. The summed E-state index contributed by atoms with van der Waals surface area (Å²) in [4.78, 5) is 78.8. The predicted molar refractivity (Wildman–Crippen MR) is 267 cm³/mol. The monoisotopic (exact) mass is 1110 g/mol. The maximum Gasteiger partial charge on any atom is 0.416 e. The van der Waals surface area contributed by atoms with Crippen LogP contribution < -0.4 is 29.7 Å². The van der Waals surface area contributed by atoms with Crippen molar-refractivity contribution in [2.45, 2.75) is 64.5 Å². The molecule has 74 heavy (non-hydrogen) atoms. The first-order valence-corrected chi connectivity index (χ1v) is 26.2. The molecule has 3 atom stereocenters. The van der Waals surface area contributed by atoms with Gasteiger partial charge < -0.3 is 53.2 Å². The third-order valence-electron chi connectivity index (χ3n) is 9.47. The Morgan fingerprint density at radius 2 is 1.54 bits per heavy atom. The van der Waals surface area contributed by atoms with Gasteiger partial charge in [0.25, 0.3) is 5.69 Å². The average molecular weight is 1110 g/mol. The van der Waals surface area contributed by atoms with Crippen LogP contribution in [0.4, 0.5) is 29.3 Å². The molecule has 4 aromatic rings. The lowest BCUT2D eigenvalue weighted by Crippen LogP contribution is -2.45. The van der Waals surface area contributed by atoms with E-state index in [1.807, 2.05) is 30.4 Å². The molecule has 21 nitrogen and oxygen atoms in total. The molecule has 0 saturated carbocycles. The molecular formula is C47H59ClF3N4O17PS. The third kappa shape index (κ3) is 21.7. The van der Waals surface area contributed by atoms with Crippen LogP contribution >= 0.6 is 19.2 Å². The van der Waals surface area contributed by atoms with Gasteiger partial charge >= 0.3 is 30.1 Å². The van der Waals surface area contributed by atoms with Crippen molar-refractivity contribution in [1.29, 1.82) is 0 Å². The lowest BCUT2D eigenvalue weighted by atomic mass is 9.76. The van der Waals surface area contributed by atoms with Gasteiger partial charge in [-0.05, 0) is 84.8 Å². The van der Waals surface area contributed by atoms with Gasteiger partial charge in [-0.15, -0.1) is 0 Å². The van der Waals surface area contributed by atoms with Crippen molar-refractivity contribution in [3.63, 3.8) is 0 Å². The number of methoxy groups -OCH3 is 1. The number of carbonyl (C=O) groups is 4. The van der Waals surface area contributed by atoms with E-state index in [0.29, 0.717) is 34.1 Å². The lowest BCUT2D eigenvalue weighted by molar-refractivity contribution is -0.385. The number of rotatable bonds is 16. The molecule has 0 saturated heterocycles. The summed E-state index contributed by atoms with van der Waals surface area (Å²) >= 11 is 5.83. The maximum absolute atomic E-state index is 12.8. The largest absolute Gasteiger partial charge is 0.778 e. The number of carboxylic acids is 1. The lowest BCUT2D eigenvalue weighted by Gasteiger charge is -2.43. The summed E-state index contributed by atoms with van der Waals surface area (Å²) in [6.07, 6.45) is 0.692. The minimum atomic E-state index is -4.61. The fourth-order valence-corrected chi connectivity index (χ4v) is 6.76. The fourth-order valence-electron chi connectivity index (χ4n) is 6.14. The number of alkyl halides is 3. The number of hydrogen-bond acceptors (Lipinski definition) is 16. The van der Waals surface area contributed by atoms with Crippen LogP contribution in [0.5, 0.6) is 28.7 Å². The molecule has 4 N–H and O–H groups in total. The average Bonchev–Trinajstić information content (AvgIpc) is 3.29. The van der Waals surface area contributed by atoms with Crippen molar-refractivity contribution in [3.05, 3.63) is 111 Å². The van der Waals surface area contributed by atoms with Gasteiger partial charge in [0.15, 0.2) is 6.10 Å². The number of benzene rings is 4. The van der Waals surface area contributed by atoms with Crippen LogP contribution in [-0.4, -0.2) is 115 Å². The van der Waals surface area contributed by atoms with Gasteiger partial charge in [-0.3, -0.25) is 25.1 Å². The zero-order valence-corrected chi connectivity index (χ0v) is 44.7. The number of nitrogens with zero attached hydrogens (tertiary/aromatic N) is 2. The number of aliphatic carboxylic acids is 1. The van der Waals surface area contributed by atoms with Crippen LogP contribution in [0.3, 0.4) is 0 Å². The Bertz CT molecular complexity index is 2600. The molecule has 408 valence electrons. The Kier molecular flexibility index (Phi) is 24.6. The van der Waals surface area contributed by atoms with E-state index in [1.165, 1.54) is 21.1 Å². The summed E-state index contributed by atoms with van der Waals surface area (Å²) in [5.41, 5.74) is -0.483. The maximum atomic E-state index is 12.8. The van der Waals surface area contributed by atoms with E-state index in [9.17, 15) is 51.9 Å². The highest BCUT2D eigenvalue weighted by Crippen LogP contribution is 2.46. The number of urea groups is 1. The second kappa shape index (κ2) is 28.5. The van der Waals surface area contributed by atoms with Gasteiger partial charge in [0.2, 0.25) is 5.79 Å². The molecular weight excluding hydrogens is 1050 g/mol. The summed E-state index contributed by atoms with van der Waals surface area (Å²) in [5, 5.41) is 24.7. The summed E-state index contributed by atoms with van der Waals surface area (Å²) in [5.74, 6) is -2.14. The van der Waals surface area contributed by atoms with Crippen LogP contribution in [-0.2, 0) is 55.7 Å². The molecule has 2 amide bonds. The Morgan fingerprint density at radius 1 is 0.959 bits per heavy atom. The first kappa shape index (κ1) is 63.9. The molecule has 5 rings (SSSR count). The second-order valence-corrected chi connectivity index (χ2v) is 21.2. The molecule has 1 aliphatic rings. The number of hydroxylamine groups is 2. The highest BCUT2D eigenvalue weighted by Gasteiger charge is 2.42. The normalized spacial score (nSPS) is 15.4. The number of nitrogens with one attached hydrogen (secondary N) is 2. The summed E-state index contributed by atoms with van der Waals surface area (Å²) < 4.78 is 80.8. The number of amides is 2. The minimum absolute atomic E-state index is 0.0398. The van der Waals surface area contributed by atoms with Crippen molar-refractivity contribution < 1.29 is 90.0 Å². The molecule has 1 heterocycles. The Labute approximate surface area is 433 Å². The van der Waals surface area contributed by atoms with Gasteiger partial charge in [-0.25, -0.2) is 19.4 Å². The number of nitro groups is 1. The fraction of sp³-hybridized carbons (Fsp3) is 0.404. The molecule has 0 aliphatic carbocycles. The third-order valence-corrected chi connectivity index (χ3v) is 10.4. The number of carbonyl (C=O) groups excluding carboxylic acids is 3. The Balaban J connectivity index is 0.000000404. The van der Waals surface area contributed by atoms with E-state index in [4.69, 9.17) is 54.9 Å². The number of esters is 2.